The first-order chi connectivity index (χ1) is 43.2. The minimum absolute atomic E-state index is 0. The average molecular weight is 1590 g/mol. The van der Waals surface area contributed by atoms with E-state index in [-0.39, 0.29) is 29.7 Å². The van der Waals surface area contributed by atoms with Gasteiger partial charge in [-0.2, -0.15) is 6.42 Å². The zero-order chi connectivity index (χ0) is 65.2. The molecule has 4 aromatic rings. The molecular weight excluding hydrogens is 1450 g/mol. The number of aryl methyl sites for hydroxylation is 1. The van der Waals surface area contributed by atoms with E-state index in [4.69, 9.17) is 13.7 Å². The van der Waals surface area contributed by atoms with Crippen molar-refractivity contribution in [2.45, 2.75) is 352 Å². The van der Waals surface area contributed by atoms with Crippen LogP contribution in [0.2, 0.25) is 26.6 Å². The number of benzene rings is 4. The quantitative estimate of drug-likeness (QED) is 0.0245. The van der Waals surface area contributed by atoms with Crippen LogP contribution in [0.4, 0.5) is 0 Å². The number of fused-ring (bicyclic) bond motifs is 6. The number of hydrogen-bond acceptors (Lipinski definition) is 1. The molecule has 0 atom stereocenters. The first-order valence-electron chi connectivity index (χ1n) is 38.2. The van der Waals surface area contributed by atoms with Crippen LogP contribution >= 0.6 is 40.8 Å². The van der Waals surface area contributed by atoms with Crippen molar-refractivity contribution in [3.63, 3.8) is 0 Å². The molecule has 0 N–H and O–H groups in total. The van der Waals surface area contributed by atoms with E-state index in [0.29, 0.717) is 0 Å². The molecule has 90 heavy (non-hydrogen) atoms. The maximum atomic E-state index is 6.89. The third-order valence-corrected chi connectivity index (χ3v) is 51.5. The van der Waals surface area contributed by atoms with Crippen molar-refractivity contribution >= 4 is 80.0 Å². The maximum absolute atomic E-state index is 6.89. The predicted octanol–water partition coefficient (Wildman–Crippen LogP) is 26.7. The SMILES string of the molecule is C1CCOC1.CCCCCCC1(CCCCCC)c2cc(Br)ccc2-c2ccc(Br)cc21.CCCCCCC1(CCCCCC)c2cc(C)ccc2-c2cc[c]([Sn]([CH2]CCC)([CH2]CCC)[CH2]CCC)cc21.CCC[CH2][Sn]([Cl])([CH2]CCC)[CH2]CCC.[CH2-]CCC.[Li+]. The largest absolute Gasteiger partial charge is 1.00 e. The second kappa shape index (κ2) is 50.6. The Kier molecular flexibility index (Phi) is 48.6. The summed E-state index contributed by atoms with van der Waals surface area (Å²) in [4.78, 5) is 0. The van der Waals surface area contributed by atoms with Gasteiger partial charge < -0.3 is 11.7 Å². The molecule has 3 aliphatic rings. The van der Waals surface area contributed by atoms with Crippen molar-refractivity contribution in [2.75, 3.05) is 13.2 Å². The van der Waals surface area contributed by atoms with Crippen molar-refractivity contribution in [3.8, 4) is 22.3 Å². The Hall–Kier alpha value is 0.285. The fourth-order valence-electron chi connectivity index (χ4n) is 14.8. The molecule has 0 radical (unpaired) electrons. The number of ether oxygens (including phenoxy) is 1. The fraction of sp³-hybridized carbons (Fsp3) is 0.699. The van der Waals surface area contributed by atoms with Gasteiger partial charge in [0, 0.05) is 27.6 Å². The number of halogens is 3. The first kappa shape index (κ1) is 86.4. The van der Waals surface area contributed by atoms with Gasteiger partial charge in [-0.1, -0.05) is 123 Å². The van der Waals surface area contributed by atoms with Gasteiger partial charge in [0.05, 0.1) is 0 Å². The molecule has 0 saturated carbocycles. The first-order valence-corrected chi connectivity index (χ1v) is 56.9. The van der Waals surface area contributed by atoms with Crippen LogP contribution in [0.1, 0.15) is 335 Å². The molecule has 1 fully saturated rings. The third-order valence-electron chi connectivity index (χ3n) is 20.4. The van der Waals surface area contributed by atoms with Gasteiger partial charge in [0.25, 0.3) is 0 Å². The molecule has 0 bridgehead atoms. The molecule has 1 aliphatic heterocycles. The van der Waals surface area contributed by atoms with Gasteiger partial charge in [-0.15, -0.1) is 0 Å². The summed E-state index contributed by atoms with van der Waals surface area (Å²) >= 11 is 2.91. The molecular formula is C83H138Br2ClLiOSn2. The third kappa shape index (κ3) is 28.3. The van der Waals surface area contributed by atoms with Gasteiger partial charge in [-0.25, -0.2) is 0 Å². The zero-order valence-corrected chi connectivity index (χ0v) is 70.9. The Labute approximate surface area is 601 Å². The van der Waals surface area contributed by atoms with Gasteiger partial charge in [-0.3, -0.25) is 0 Å². The summed E-state index contributed by atoms with van der Waals surface area (Å²) in [5, 5.41) is 0. The molecule has 0 aromatic heterocycles. The predicted molar refractivity (Wildman–Crippen MR) is 416 cm³/mol. The van der Waals surface area contributed by atoms with Crippen LogP contribution in [0.5, 0.6) is 0 Å². The Balaban J connectivity index is 0.000000464. The van der Waals surface area contributed by atoms with Crippen LogP contribution in [0.15, 0.2) is 81.7 Å². The molecule has 0 amide bonds. The molecule has 7 rings (SSSR count). The second-order valence-electron chi connectivity index (χ2n) is 27.8. The molecule has 0 unspecified atom stereocenters. The molecule has 0 spiro atoms. The summed E-state index contributed by atoms with van der Waals surface area (Å²) < 4.78 is 18.2. The summed E-state index contributed by atoms with van der Waals surface area (Å²) in [5.74, 6) is 0. The minimum atomic E-state index is -2.51. The van der Waals surface area contributed by atoms with E-state index in [0.717, 1.165) is 19.6 Å². The van der Waals surface area contributed by atoms with Crippen molar-refractivity contribution in [3.05, 3.63) is 116 Å². The molecule has 1 saturated heterocycles. The maximum Gasteiger partial charge on any atom is 1.00 e. The van der Waals surface area contributed by atoms with Crippen molar-refractivity contribution in [2.24, 2.45) is 0 Å². The van der Waals surface area contributed by atoms with E-state index in [1.165, 1.54) is 264 Å². The van der Waals surface area contributed by atoms with Crippen LogP contribution in [-0.2, 0) is 15.6 Å². The van der Waals surface area contributed by atoms with E-state index in [1.54, 1.807) is 46.7 Å². The van der Waals surface area contributed by atoms with E-state index < -0.39 is 35.6 Å². The molecule has 4 aromatic carbocycles. The monoisotopic (exact) mass is 1590 g/mol. The van der Waals surface area contributed by atoms with E-state index in [2.05, 4.69) is 195 Å². The van der Waals surface area contributed by atoms with Crippen LogP contribution < -0.4 is 22.4 Å². The van der Waals surface area contributed by atoms with Gasteiger partial charge >= 0.3 is 367 Å². The molecule has 1 nitrogen and oxygen atoms in total. The summed E-state index contributed by atoms with van der Waals surface area (Å²) in [6.45, 7) is 33.4. The molecule has 7 heteroatoms. The standard InChI is InChI=1S/C26H35.C25H32Br2.C4H8O.7C4H9.ClH.Li.2Sn/c1-4-6-8-12-18-26(19-13-9-7-5-2)24-15-11-10-14-22(24)23-17-16-21(3)20-25(23)26;1-3-5-7-9-15-25(16-10-8-6-4-2)23-17-19(26)11-13-21(23)22-14-12-20(27)18-24(22)25;1-2-4-5-3-1;7*1-3-4-2;;;;/h10,14-17,20H,4-9,12-13,18-19H2,1-3H3;11-14,17-18H,3-10,15-16H2,1-2H3;1-4H2;7*1,3-4H2,2H3;1H;;;/q;;;;;;;;;-1;;+1;;+1/p-1. The van der Waals surface area contributed by atoms with E-state index >= 15 is 0 Å². The topological polar surface area (TPSA) is 9.23 Å². The smallest absolute Gasteiger partial charge is 0.343 e. The van der Waals surface area contributed by atoms with Crippen molar-refractivity contribution in [1.29, 1.82) is 0 Å². The van der Waals surface area contributed by atoms with Crippen LogP contribution in [-0.4, -0.2) is 48.8 Å². The number of hydrogen-bond donors (Lipinski definition) is 0. The van der Waals surface area contributed by atoms with Gasteiger partial charge in [-0.05, 0) is 72.2 Å². The van der Waals surface area contributed by atoms with E-state index in [9.17, 15) is 0 Å². The van der Waals surface area contributed by atoms with Gasteiger partial charge in [0.15, 0.2) is 0 Å². The number of rotatable bonds is 40. The normalized spacial score (nSPS) is 13.9. The average Bonchev–Trinajstić information content (AvgIpc) is 1.64. The Morgan fingerprint density at radius 3 is 1.00 bits per heavy atom. The summed E-state index contributed by atoms with van der Waals surface area (Å²) in [5.41, 5.74) is 14.4. The molecule has 2 aliphatic carbocycles. The number of unbranched alkanes of at least 4 members (excludes halogenated alkanes) is 19. The summed E-state index contributed by atoms with van der Waals surface area (Å²) in [6.07, 6.45) is 48.1. The van der Waals surface area contributed by atoms with Crippen LogP contribution in [0, 0.1) is 13.8 Å². The van der Waals surface area contributed by atoms with Crippen LogP contribution in [0.25, 0.3) is 22.3 Å². The van der Waals surface area contributed by atoms with Gasteiger partial charge in [0.1, 0.15) is 0 Å². The van der Waals surface area contributed by atoms with E-state index in [1.807, 2.05) is 3.58 Å². The minimum Gasteiger partial charge on any atom is -0.343 e. The Morgan fingerprint density at radius 2 is 0.689 bits per heavy atom. The summed E-state index contributed by atoms with van der Waals surface area (Å²) in [7, 11) is 6.89. The van der Waals surface area contributed by atoms with Crippen LogP contribution in [0.3, 0.4) is 0 Å². The molecule has 506 valence electrons. The van der Waals surface area contributed by atoms with Gasteiger partial charge in [0.2, 0.25) is 0 Å². The van der Waals surface area contributed by atoms with Crippen molar-refractivity contribution in [1.82, 2.24) is 0 Å². The fourth-order valence-corrected chi connectivity index (χ4v) is 44.8. The second-order valence-corrected chi connectivity index (χ2v) is 59.1. The Morgan fingerprint density at radius 1 is 0.389 bits per heavy atom. The zero-order valence-electron chi connectivity index (χ0n) is 61.3. The summed E-state index contributed by atoms with van der Waals surface area (Å²) in [6, 6.07) is 29.5. The van der Waals surface area contributed by atoms with Crippen molar-refractivity contribution < 1.29 is 23.6 Å². The Bertz CT molecular complexity index is 2320. The molecule has 1 heterocycles.